The Morgan fingerprint density at radius 3 is 2.54 bits per heavy atom. The highest BCUT2D eigenvalue weighted by molar-refractivity contribution is 6.05. The third-order valence-corrected chi connectivity index (χ3v) is 10.1. The van der Waals surface area contributed by atoms with E-state index in [1.807, 2.05) is 80.6 Å². The molecule has 2 aromatic carbocycles. The number of esters is 1. The second kappa shape index (κ2) is 14.1. The normalized spacial score (nSPS) is 31.2. The molecule has 4 heterocycles. The molecule has 0 aliphatic carbocycles. The Bertz CT molecular complexity index is 1610. The number of aryl methyl sites for hydroxylation is 2. The number of fused-ring (bicyclic) bond motifs is 2. The highest BCUT2D eigenvalue weighted by atomic mass is 16.6. The minimum atomic E-state index is -1.35. The quantitative estimate of drug-likeness (QED) is 0.262. The van der Waals surface area contributed by atoms with Crippen LogP contribution in [0.25, 0.3) is 0 Å². The molecule has 48 heavy (non-hydrogen) atoms. The molecule has 2 N–H and O–H groups in total. The number of likely N-dealkylation sites (tertiary alicyclic amines) is 1. The molecule has 0 aromatic heterocycles. The number of hydrogen-bond acceptors (Lipinski definition) is 7. The van der Waals surface area contributed by atoms with Crippen molar-refractivity contribution in [2.75, 3.05) is 24.6 Å². The lowest BCUT2D eigenvalue weighted by atomic mass is 9.74. The van der Waals surface area contributed by atoms with Crippen molar-refractivity contribution >= 4 is 29.4 Å². The number of unbranched alkanes of at least 4 members (excludes halogenated alkanes) is 2. The molecule has 2 fully saturated rings. The van der Waals surface area contributed by atoms with Crippen LogP contribution in [0.2, 0.25) is 0 Å². The van der Waals surface area contributed by atoms with Crippen LogP contribution in [0.1, 0.15) is 61.8 Å². The van der Waals surface area contributed by atoms with Gasteiger partial charge in [0.25, 0.3) is 5.91 Å². The van der Waals surface area contributed by atoms with Gasteiger partial charge in [-0.25, -0.2) is 0 Å². The lowest BCUT2D eigenvalue weighted by Gasteiger charge is -2.36. The molecule has 2 saturated heterocycles. The Morgan fingerprint density at radius 1 is 0.979 bits per heavy atom. The van der Waals surface area contributed by atoms with Gasteiger partial charge in [-0.15, -0.1) is 0 Å². The maximum absolute atomic E-state index is 15.0. The monoisotopic (exact) mass is 655 g/mol. The largest absolute Gasteiger partial charge is 0.455 e. The molecule has 4 aliphatic heterocycles. The number of anilines is 1. The molecule has 10 heteroatoms. The Hall–Kier alpha value is -4.28. The number of aliphatic hydroxyl groups is 1. The third-order valence-electron chi connectivity index (χ3n) is 10.1. The van der Waals surface area contributed by atoms with Gasteiger partial charge in [-0.3, -0.25) is 19.2 Å². The number of carbonyl (C=O) groups is 4. The summed E-state index contributed by atoms with van der Waals surface area (Å²) in [5.74, 6) is -3.35. The Kier molecular flexibility index (Phi) is 9.85. The number of nitrogens with one attached hydrogen (secondary N) is 1. The van der Waals surface area contributed by atoms with Gasteiger partial charge in [0.1, 0.15) is 23.7 Å². The lowest BCUT2D eigenvalue weighted by molar-refractivity contribution is -0.161. The number of allylic oxidation sites excluding steroid dienone is 1. The zero-order valence-corrected chi connectivity index (χ0v) is 27.8. The average molecular weight is 656 g/mol. The van der Waals surface area contributed by atoms with Gasteiger partial charge in [0.05, 0.1) is 18.1 Å². The van der Waals surface area contributed by atoms with E-state index < -0.39 is 47.7 Å². The lowest BCUT2D eigenvalue weighted by Crippen LogP contribution is -2.56. The van der Waals surface area contributed by atoms with Crippen LogP contribution in [0, 0.1) is 25.7 Å². The fourth-order valence-corrected chi connectivity index (χ4v) is 7.71. The zero-order valence-electron chi connectivity index (χ0n) is 27.8. The fraction of sp³-hybridized carbons (Fsp3) is 0.474. The van der Waals surface area contributed by atoms with E-state index in [1.165, 1.54) is 0 Å². The molecule has 3 amide bonds. The van der Waals surface area contributed by atoms with Crippen molar-refractivity contribution in [3.05, 3.63) is 89.5 Å². The third kappa shape index (κ3) is 6.19. The topological polar surface area (TPSA) is 125 Å². The predicted octanol–water partition coefficient (Wildman–Crippen LogP) is 4.09. The highest BCUT2D eigenvalue weighted by Crippen LogP contribution is 2.56. The van der Waals surface area contributed by atoms with Crippen LogP contribution in [0.4, 0.5) is 5.69 Å². The molecule has 0 unspecified atom stereocenters. The van der Waals surface area contributed by atoms with Crippen LogP contribution in [-0.2, 0) is 28.7 Å². The van der Waals surface area contributed by atoms with Gasteiger partial charge >= 0.3 is 5.97 Å². The van der Waals surface area contributed by atoms with Crippen molar-refractivity contribution in [2.45, 2.75) is 82.8 Å². The van der Waals surface area contributed by atoms with Crippen molar-refractivity contribution in [1.82, 2.24) is 10.2 Å². The molecule has 0 saturated carbocycles. The van der Waals surface area contributed by atoms with Crippen molar-refractivity contribution < 1.29 is 33.8 Å². The first-order valence-electron chi connectivity index (χ1n) is 17.0. The van der Waals surface area contributed by atoms with E-state index in [0.717, 1.165) is 16.8 Å². The molecule has 4 aliphatic rings. The van der Waals surface area contributed by atoms with E-state index in [1.54, 1.807) is 22.8 Å². The van der Waals surface area contributed by atoms with Gasteiger partial charge in [0.15, 0.2) is 0 Å². The summed E-state index contributed by atoms with van der Waals surface area (Å²) >= 11 is 0. The van der Waals surface area contributed by atoms with Crippen molar-refractivity contribution in [1.29, 1.82) is 0 Å². The standard InChI is InChI=1S/C38H45N3O7/c1-24-16-17-25(2)28(23-24)40-20-10-5-9-15-30(43)39-26(3)33(27-13-7-4-8-14-27)47-37(46)31-29-18-19-38(48-29)32(31)35(44)41(34(38)36(40)45)21-11-6-12-22-42/h4-5,7-8,10,13-14,16-19,23,26,29,31-34,42H,6,9,11-12,15,20-22H2,1-3H3,(H,39,43)/b10-5-/t26-,29+,31-,32-,33+,34+,38-/m1/s1. The number of carbonyl (C=O) groups excluding carboxylic acids is 4. The second-order valence-corrected chi connectivity index (χ2v) is 13.4. The van der Waals surface area contributed by atoms with E-state index >= 15 is 4.79 Å². The maximum Gasteiger partial charge on any atom is 0.313 e. The smallest absolute Gasteiger partial charge is 0.313 e. The number of cyclic esters (lactones) is 1. The molecule has 0 radical (unpaired) electrons. The summed E-state index contributed by atoms with van der Waals surface area (Å²) in [6.45, 7) is 6.26. The van der Waals surface area contributed by atoms with Crippen molar-refractivity contribution in [2.24, 2.45) is 11.8 Å². The van der Waals surface area contributed by atoms with Crippen molar-refractivity contribution in [3.8, 4) is 0 Å². The number of hydrogen-bond donors (Lipinski definition) is 2. The van der Waals surface area contributed by atoms with E-state index in [9.17, 15) is 19.5 Å². The summed E-state index contributed by atoms with van der Waals surface area (Å²) in [5.41, 5.74) is 1.96. The van der Waals surface area contributed by atoms with Crippen LogP contribution in [0.15, 0.2) is 72.8 Å². The Morgan fingerprint density at radius 2 is 1.77 bits per heavy atom. The van der Waals surface area contributed by atoms with Crippen LogP contribution in [0.5, 0.6) is 0 Å². The second-order valence-electron chi connectivity index (χ2n) is 13.4. The Labute approximate surface area is 281 Å². The summed E-state index contributed by atoms with van der Waals surface area (Å²) in [6.07, 6.45) is 8.33. The SMILES string of the molecule is Cc1ccc(C)c(N2C/C=C\CCC(=O)N[C@H](C)[C@@H](c3ccccc3)OC(=O)[C@@H]3[C@@H]4C=C[C@]5(O4)[C@H](C2=O)N(CCCCCO)C(=O)[C@@H]35)c1. The van der Waals surface area contributed by atoms with Gasteiger partial charge in [-0.05, 0) is 69.2 Å². The van der Waals surface area contributed by atoms with Gasteiger partial charge in [0, 0.05) is 31.8 Å². The van der Waals surface area contributed by atoms with E-state index in [0.29, 0.717) is 31.2 Å². The van der Waals surface area contributed by atoms with Crippen LogP contribution in [-0.4, -0.2) is 77.2 Å². The van der Waals surface area contributed by atoms with Gasteiger partial charge in [-0.1, -0.05) is 66.8 Å². The Balaban J connectivity index is 1.44. The minimum Gasteiger partial charge on any atom is -0.455 e. The molecule has 2 aromatic rings. The average Bonchev–Trinajstić information content (AvgIpc) is 3.72. The summed E-state index contributed by atoms with van der Waals surface area (Å²) in [4.78, 5) is 60.1. The van der Waals surface area contributed by atoms with Crippen LogP contribution in [0.3, 0.4) is 0 Å². The molecule has 7 atom stereocenters. The van der Waals surface area contributed by atoms with Gasteiger partial charge in [0.2, 0.25) is 11.8 Å². The van der Waals surface area contributed by atoms with Crippen LogP contribution >= 0.6 is 0 Å². The molecule has 1 spiro atoms. The maximum atomic E-state index is 15.0. The molecule has 6 rings (SSSR count). The number of nitrogens with zero attached hydrogens (tertiary/aromatic N) is 2. The number of amides is 3. The first-order chi connectivity index (χ1) is 23.2. The highest BCUT2D eigenvalue weighted by Gasteiger charge is 2.73. The van der Waals surface area contributed by atoms with E-state index in [-0.39, 0.29) is 43.8 Å². The predicted molar refractivity (Wildman–Crippen MR) is 180 cm³/mol. The van der Waals surface area contributed by atoms with E-state index in [2.05, 4.69) is 5.32 Å². The summed E-state index contributed by atoms with van der Waals surface area (Å²) < 4.78 is 12.8. The summed E-state index contributed by atoms with van der Waals surface area (Å²) in [6, 6.07) is 13.6. The molecule has 254 valence electrons. The first kappa shape index (κ1) is 33.6. The molecule has 10 nitrogen and oxygen atoms in total. The van der Waals surface area contributed by atoms with Crippen LogP contribution < -0.4 is 10.2 Å². The number of ether oxygens (including phenoxy) is 2. The zero-order chi connectivity index (χ0) is 34.0. The summed E-state index contributed by atoms with van der Waals surface area (Å²) in [5, 5.41) is 12.4. The van der Waals surface area contributed by atoms with Crippen molar-refractivity contribution in [3.63, 3.8) is 0 Å². The first-order valence-corrected chi connectivity index (χ1v) is 17.0. The number of rotatable bonds is 7. The number of aliphatic hydroxyl groups excluding tert-OH is 1. The van der Waals surface area contributed by atoms with Gasteiger partial charge in [-0.2, -0.15) is 0 Å². The van der Waals surface area contributed by atoms with Gasteiger partial charge < -0.3 is 29.7 Å². The number of benzene rings is 2. The summed E-state index contributed by atoms with van der Waals surface area (Å²) in [7, 11) is 0. The molecule has 5 bridgehead atoms. The minimum absolute atomic E-state index is 0.0402. The fourth-order valence-electron chi connectivity index (χ4n) is 7.71. The molecular formula is C38H45N3O7. The van der Waals surface area contributed by atoms with E-state index in [4.69, 9.17) is 9.47 Å². The molecular weight excluding hydrogens is 610 g/mol.